The molecule has 0 fully saturated rings. The fraction of sp³-hybridized carbons (Fsp3) is 0.462. The van der Waals surface area contributed by atoms with E-state index in [0.717, 1.165) is 5.56 Å². The van der Waals surface area contributed by atoms with Crippen molar-refractivity contribution in [1.82, 2.24) is 0 Å². The van der Waals surface area contributed by atoms with E-state index in [1.165, 1.54) is 0 Å². The SMILES string of the molecule is COc1cc(OC)c2c(c1)C(=O)OC2C(C)C. The van der Waals surface area contributed by atoms with Gasteiger partial charge in [-0.15, -0.1) is 0 Å². The summed E-state index contributed by atoms with van der Waals surface area (Å²) >= 11 is 0. The Morgan fingerprint density at radius 1 is 1.24 bits per heavy atom. The van der Waals surface area contributed by atoms with Gasteiger partial charge in [-0.2, -0.15) is 0 Å². The molecule has 1 aliphatic heterocycles. The normalized spacial score (nSPS) is 17.9. The second-order valence-electron chi connectivity index (χ2n) is 4.36. The molecule has 17 heavy (non-hydrogen) atoms. The molecule has 2 rings (SSSR count). The minimum absolute atomic E-state index is 0.211. The quantitative estimate of drug-likeness (QED) is 0.757. The first-order chi connectivity index (χ1) is 8.08. The summed E-state index contributed by atoms with van der Waals surface area (Å²) in [7, 11) is 3.14. The third-order valence-corrected chi connectivity index (χ3v) is 2.92. The lowest BCUT2D eigenvalue weighted by Crippen LogP contribution is -2.07. The number of rotatable bonds is 3. The van der Waals surface area contributed by atoms with Crippen LogP contribution in [-0.4, -0.2) is 20.2 Å². The third kappa shape index (κ3) is 1.84. The highest BCUT2D eigenvalue weighted by Gasteiger charge is 2.36. The van der Waals surface area contributed by atoms with Gasteiger partial charge < -0.3 is 14.2 Å². The number of carbonyl (C=O) groups excluding carboxylic acids is 1. The summed E-state index contributed by atoms with van der Waals surface area (Å²) < 4.78 is 15.8. The molecule has 0 N–H and O–H groups in total. The molecule has 1 aliphatic rings. The van der Waals surface area contributed by atoms with Crippen molar-refractivity contribution in [2.24, 2.45) is 5.92 Å². The molecule has 0 radical (unpaired) electrons. The van der Waals surface area contributed by atoms with Crippen molar-refractivity contribution in [3.63, 3.8) is 0 Å². The molecule has 1 aromatic rings. The second kappa shape index (κ2) is 4.28. The minimum Gasteiger partial charge on any atom is -0.497 e. The average Bonchev–Trinajstić information content (AvgIpc) is 2.66. The molecule has 1 heterocycles. The molecule has 1 unspecified atom stereocenters. The van der Waals surface area contributed by atoms with Crippen LogP contribution in [0.5, 0.6) is 11.5 Å². The van der Waals surface area contributed by atoms with Crippen molar-refractivity contribution < 1.29 is 19.0 Å². The molecular weight excluding hydrogens is 220 g/mol. The van der Waals surface area contributed by atoms with Crippen LogP contribution in [0.15, 0.2) is 12.1 Å². The first kappa shape index (κ1) is 11.8. The number of benzene rings is 1. The van der Waals surface area contributed by atoms with Gasteiger partial charge in [-0.05, 0) is 12.0 Å². The van der Waals surface area contributed by atoms with Crippen LogP contribution < -0.4 is 9.47 Å². The van der Waals surface area contributed by atoms with Gasteiger partial charge in [0, 0.05) is 11.6 Å². The van der Waals surface area contributed by atoms with Gasteiger partial charge in [0.15, 0.2) is 0 Å². The molecule has 0 saturated carbocycles. The number of cyclic esters (lactones) is 1. The van der Waals surface area contributed by atoms with Crippen molar-refractivity contribution in [2.45, 2.75) is 20.0 Å². The van der Waals surface area contributed by atoms with Crippen molar-refractivity contribution in [2.75, 3.05) is 14.2 Å². The van der Waals surface area contributed by atoms with Gasteiger partial charge in [-0.3, -0.25) is 0 Å². The van der Waals surface area contributed by atoms with Crippen LogP contribution in [-0.2, 0) is 4.74 Å². The number of methoxy groups -OCH3 is 2. The van der Waals surface area contributed by atoms with Gasteiger partial charge in [-0.1, -0.05) is 13.8 Å². The Labute approximate surface area is 100 Å². The lowest BCUT2D eigenvalue weighted by molar-refractivity contribution is 0.0276. The van der Waals surface area contributed by atoms with E-state index in [1.54, 1.807) is 26.4 Å². The molecule has 1 aromatic carbocycles. The van der Waals surface area contributed by atoms with E-state index in [0.29, 0.717) is 17.1 Å². The monoisotopic (exact) mass is 236 g/mol. The lowest BCUT2D eigenvalue weighted by atomic mass is 9.96. The predicted molar refractivity (Wildman–Crippen MR) is 62.5 cm³/mol. The molecule has 4 nitrogen and oxygen atoms in total. The Balaban J connectivity index is 2.59. The molecule has 92 valence electrons. The largest absolute Gasteiger partial charge is 0.497 e. The fourth-order valence-corrected chi connectivity index (χ4v) is 2.06. The molecule has 0 aliphatic carbocycles. The summed E-state index contributed by atoms with van der Waals surface area (Å²) in [5.74, 6) is 1.14. The van der Waals surface area contributed by atoms with E-state index in [2.05, 4.69) is 0 Å². The predicted octanol–water partition coefficient (Wildman–Crippen LogP) is 2.57. The zero-order valence-electron chi connectivity index (χ0n) is 10.4. The minimum atomic E-state index is -0.309. The zero-order chi connectivity index (χ0) is 12.6. The number of ether oxygens (including phenoxy) is 3. The van der Waals surface area contributed by atoms with Crippen LogP contribution in [0.2, 0.25) is 0 Å². The van der Waals surface area contributed by atoms with Gasteiger partial charge in [0.2, 0.25) is 0 Å². The van der Waals surface area contributed by atoms with Gasteiger partial charge >= 0.3 is 5.97 Å². The van der Waals surface area contributed by atoms with Crippen LogP contribution in [0.4, 0.5) is 0 Å². The molecule has 0 spiro atoms. The fourth-order valence-electron chi connectivity index (χ4n) is 2.06. The smallest absolute Gasteiger partial charge is 0.339 e. The summed E-state index contributed by atoms with van der Waals surface area (Å²) in [4.78, 5) is 11.8. The summed E-state index contributed by atoms with van der Waals surface area (Å²) in [5, 5.41) is 0. The molecular formula is C13H16O4. The van der Waals surface area contributed by atoms with E-state index in [-0.39, 0.29) is 18.0 Å². The van der Waals surface area contributed by atoms with E-state index >= 15 is 0 Å². The van der Waals surface area contributed by atoms with Crippen molar-refractivity contribution in [3.8, 4) is 11.5 Å². The van der Waals surface area contributed by atoms with Crippen molar-refractivity contribution in [1.29, 1.82) is 0 Å². The van der Waals surface area contributed by atoms with Gasteiger partial charge in [0.25, 0.3) is 0 Å². The van der Waals surface area contributed by atoms with Crippen molar-refractivity contribution >= 4 is 5.97 Å². The van der Waals surface area contributed by atoms with Crippen LogP contribution in [0.3, 0.4) is 0 Å². The van der Waals surface area contributed by atoms with Crippen molar-refractivity contribution in [3.05, 3.63) is 23.3 Å². The topological polar surface area (TPSA) is 44.8 Å². The first-order valence-corrected chi connectivity index (χ1v) is 5.55. The molecule has 1 atom stereocenters. The van der Waals surface area contributed by atoms with Gasteiger partial charge in [-0.25, -0.2) is 4.79 Å². The molecule has 0 saturated heterocycles. The number of esters is 1. The standard InChI is InChI=1S/C13H16O4/c1-7(2)12-11-9(13(14)17-12)5-8(15-3)6-10(11)16-4/h5-7,12H,1-4H3. The summed E-state index contributed by atoms with van der Waals surface area (Å²) in [6.07, 6.45) is -0.238. The van der Waals surface area contributed by atoms with Crippen LogP contribution >= 0.6 is 0 Å². The summed E-state index contributed by atoms with van der Waals surface area (Å²) in [6.45, 7) is 4.02. The maximum atomic E-state index is 11.8. The number of hydrogen-bond donors (Lipinski definition) is 0. The highest BCUT2D eigenvalue weighted by Crippen LogP contribution is 2.43. The van der Waals surface area contributed by atoms with Crippen LogP contribution in [0, 0.1) is 5.92 Å². The Kier molecular flexibility index (Phi) is 2.96. The average molecular weight is 236 g/mol. The Morgan fingerprint density at radius 3 is 2.47 bits per heavy atom. The molecule has 0 amide bonds. The first-order valence-electron chi connectivity index (χ1n) is 5.55. The Hall–Kier alpha value is -1.71. The van der Waals surface area contributed by atoms with E-state index in [9.17, 15) is 4.79 Å². The Morgan fingerprint density at radius 2 is 1.94 bits per heavy atom. The van der Waals surface area contributed by atoms with E-state index in [4.69, 9.17) is 14.2 Å². The van der Waals surface area contributed by atoms with E-state index < -0.39 is 0 Å². The molecule has 0 bridgehead atoms. The highest BCUT2D eigenvalue weighted by molar-refractivity contribution is 5.95. The maximum Gasteiger partial charge on any atom is 0.339 e. The van der Waals surface area contributed by atoms with Gasteiger partial charge in [0.1, 0.15) is 17.6 Å². The summed E-state index contributed by atoms with van der Waals surface area (Å²) in [5.41, 5.74) is 1.37. The van der Waals surface area contributed by atoms with Crippen LogP contribution in [0.25, 0.3) is 0 Å². The third-order valence-electron chi connectivity index (χ3n) is 2.92. The van der Waals surface area contributed by atoms with Gasteiger partial charge in [0.05, 0.1) is 19.8 Å². The maximum absolute atomic E-state index is 11.8. The number of fused-ring (bicyclic) bond motifs is 1. The Bertz CT molecular complexity index is 451. The highest BCUT2D eigenvalue weighted by atomic mass is 16.6. The van der Waals surface area contributed by atoms with Crippen LogP contribution in [0.1, 0.15) is 35.9 Å². The summed E-state index contributed by atoms with van der Waals surface area (Å²) in [6, 6.07) is 3.47. The zero-order valence-corrected chi connectivity index (χ0v) is 10.4. The van der Waals surface area contributed by atoms with E-state index in [1.807, 2.05) is 13.8 Å². The number of hydrogen-bond acceptors (Lipinski definition) is 4. The second-order valence-corrected chi connectivity index (χ2v) is 4.36. The lowest BCUT2D eigenvalue weighted by Gasteiger charge is -2.17. The number of carbonyl (C=O) groups is 1. The molecule has 0 aromatic heterocycles. The molecule has 4 heteroatoms.